The van der Waals surface area contributed by atoms with Crippen LogP contribution in [0.4, 0.5) is 22.7 Å². The smallest absolute Gasteiger partial charge is 1.00 e. The summed E-state index contributed by atoms with van der Waals surface area (Å²) >= 11 is 9.31. The Morgan fingerprint density at radius 2 is 0.780 bits per heavy atom. The fraction of sp³-hybridized carbons (Fsp3) is 0.167. The maximum Gasteiger partial charge on any atom is 1.00 e. The fourth-order valence-electron chi connectivity index (χ4n) is 10.8. The van der Waals surface area contributed by atoms with Crippen molar-refractivity contribution in [2.45, 2.75) is 32.2 Å². The number of carbonyl (C=O) groups excluding carboxylic acids is 1. The van der Waals surface area contributed by atoms with Crippen molar-refractivity contribution in [1.29, 1.82) is 0 Å². The standard InChI is InChI=1S/C22H23N3O6.C20H19N3O5.C18H15N3O4.C17H13N3O4.CH2O3.BBr3.2K.H/c1-29-11-10-24-22(26)9-7-18(23-24)12-16-6-8-21(31-15-30-2)20(13-16)17-4-3-5-19(14-17)25(27)28;1-27-9-10-28-19-7-5-14(11-16-6-8-20(24)22-21-16)12-18(19)15-3-2-4-17(13-15)23(25)26;1-25-17-7-5-12(9-14-6-8-18(22)20-19-14)10-16(17)13-3-2-4-15(11-13)21(23)24;21-16-6-4-11(8-13-5-7-17(22)19-18-13)9-15(16)12-2-1-3-14(10-12)20(23)24;2-1-4-3;2-1(3)4;;;/h3-9,13-14H,10-12,15H2,1-2H3;2-8,12-13H,9-11H2,1H3,(H,22,24);2-8,10-11H,9H2,1H3,(H,20,22);1-7,9-10,21H,8H2,(H,19,22);1,3H;;;;/q;;;;;;2*+1;-1/p-1. The third-order valence-corrected chi connectivity index (χ3v) is 16.0. The Morgan fingerprint density at radius 1 is 0.441 bits per heavy atom. The summed E-state index contributed by atoms with van der Waals surface area (Å²) in [6.45, 7) is 1.41. The van der Waals surface area contributed by atoms with Crippen LogP contribution >= 0.6 is 47.3 Å². The topological polar surface area (TPSA) is 470 Å². The number of hydrogen-bond donors (Lipinski definition) is 4. The molecule has 0 saturated carbocycles. The molecule has 12 rings (SSSR count). The molecule has 0 aliphatic heterocycles. The van der Waals surface area contributed by atoms with Gasteiger partial charge in [0.05, 0.1) is 69.3 Å². The Morgan fingerprint density at radius 3 is 1.13 bits per heavy atom. The molecule has 4 aromatic heterocycles. The van der Waals surface area contributed by atoms with E-state index in [1.807, 2.05) is 48.5 Å². The zero-order valence-corrected chi connectivity index (χ0v) is 75.0. The number of methoxy groups -OCH3 is 4. The molecule has 40 heteroatoms. The molecule has 34 nitrogen and oxygen atoms in total. The van der Waals surface area contributed by atoms with Crippen LogP contribution in [0.2, 0.25) is 0 Å². The largest absolute Gasteiger partial charge is 1.00 e. The normalized spacial score (nSPS) is 10.1. The molecule has 602 valence electrons. The summed E-state index contributed by atoms with van der Waals surface area (Å²) in [5, 5.41) is 86.3. The number of phenols is 1. The fourth-order valence-corrected chi connectivity index (χ4v) is 10.8. The summed E-state index contributed by atoms with van der Waals surface area (Å²) in [6, 6.07) is 59.5. The predicted octanol–water partition coefficient (Wildman–Crippen LogP) is 6.30. The van der Waals surface area contributed by atoms with Crippen molar-refractivity contribution in [2.24, 2.45) is 0 Å². The molecular weight excluding hydrogens is 1790 g/mol. The van der Waals surface area contributed by atoms with E-state index in [4.69, 9.17) is 38.5 Å². The van der Waals surface area contributed by atoms with Gasteiger partial charge in [0.2, 0.25) is 0 Å². The number of phenolic OH excluding ortho intramolecular Hbond substituents is 1. The summed E-state index contributed by atoms with van der Waals surface area (Å²) < 4.78 is 33.5. The van der Waals surface area contributed by atoms with Gasteiger partial charge in [-0.2, -0.15) is 20.4 Å². The molecule has 8 aromatic carbocycles. The van der Waals surface area contributed by atoms with Gasteiger partial charge in [-0.3, -0.25) is 64.4 Å². The number of aromatic amines is 3. The molecule has 4 N–H and O–H groups in total. The van der Waals surface area contributed by atoms with E-state index in [2.05, 4.69) is 87.8 Å². The molecule has 0 spiro atoms. The molecule has 4 heterocycles. The van der Waals surface area contributed by atoms with Crippen molar-refractivity contribution in [3.05, 3.63) is 345 Å². The summed E-state index contributed by atoms with van der Waals surface area (Å²) in [7, 11) is 6.23. The number of nitro groups is 4. The van der Waals surface area contributed by atoms with Gasteiger partial charge >= 0.3 is 106 Å². The van der Waals surface area contributed by atoms with Gasteiger partial charge in [-0.05, 0) is 117 Å². The number of benzene rings is 8. The van der Waals surface area contributed by atoms with Crippen LogP contribution in [0.1, 0.15) is 46.5 Å². The first-order chi connectivity index (χ1) is 55.8. The van der Waals surface area contributed by atoms with E-state index in [0.29, 0.717) is 120 Å². The average Bonchev–Trinajstić information content (AvgIpc) is 0.833. The molecule has 0 unspecified atom stereocenters. The Balaban J connectivity index is 0.000000322. The van der Waals surface area contributed by atoms with Crippen molar-refractivity contribution in [3.63, 3.8) is 0 Å². The van der Waals surface area contributed by atoms with Crippen LogP contribution in [-0.2, 0) is 56.1 Å². The Hall–Kier alpha value is -9.83. The summed E-state index contributed by atoms with van der Waals surface area (Å²) in [6.07, 6.45) is 1.94. The van der Waals surface area contributed by atoms with E-state index in [0.717, 1.165) is 39.1 Å². The molecule has 0 amide bonds. The van der Waals surface area contributed by atoms with Gasteiger partial charge in [-0.15, -0.1) is 47.3 Å². The number of ether oxygens (including phenoxy) is 6. The first kappa shape index (κ1) is 98.7. The predicted molar refractivity (Wildman–Crippen MR) is 439 cm³/mol. The molecule has 0 saturated heterocycles. The van der Waals surface area contributed by atoms with Gasteiger partial charge in [0.25, 0.3) is 51.5 Å². The summed E-state index contributed by atoms with van der Waals surface area (Å²) in [5.41, 5.74) is 10.7. The molecular formula is C78H72BBr3K2N12O22. The van der Waals surface area contributed by atoms with E-state index in [9.17, 15) is 64.7 Å². The summed E-state index contributed by atoms with van der Waals surface area (Å²) in [5.74, 6) is 1.81. The monoisotopic (exact) mass is 1850 g/mol. The number of nitrogens with one attached hydrogen (secondary N) is 3. The maximum absolute atomic E-state index is 12.0. The Labute approximate surface area is 783 Å². The van der Waals surface area contributed by atoms with Crippen molar-refractivity contribution in [1.82, 2.24) is 40.4 Å². The minimum absolute atomic E-state index is 0. The van der Waals surface area contributed by atoms with Gasteiger partial charge in [0.1, 0.15) is 29.6 Å². The van der Waals surface area contributed by atoms with Crippen molar-refractivity contribution in [2.75, 3.05) is 55.1 Å². The van der Waals surface area contributed by atoms with E-state index in [-0.39, 0.29) is 171 Å². The summed E-state index contributed by atoms with van der Waals surface area (Å²) in [4.78, 5) is 99.0. The SMILES string of the molecule is BrB(Br)Br.COCCOc1ccc(Cc2ccc(=O)[nH]n2)cc1-c1cccc([N+](=O)[O-])c1.COCCn1nc(Cc2ccc(OCOC)c(-c3cccc([N+](=O)[O-])c3)c2)ccc1=O.COc1ccc(Cc2ccc(=O)[nH]n2)cc1-c1cccc([N+](=O)[O-])c1.O=CO[O-].O=c1ccc(Cc2ccc(O)c(-c3cccc([N+](=O)[O-])c3)c2)n[nH]1.[H-].[K+].[K+]. The number of hydrogen-bond acceptors (Lipinski definition) is 26. The van der Waals surface area contributed by atoms with Crippen molar-refractivity contribution < 1.29 is 172 Å². The average molecular weight is 1860 g/mol. The zero-order chi connectivity index (χ0) is 84.1. The molecule has 0 atom stereocenters. The van der Waals surface area contributed by atoms with Crippen LogP contribution in [0.3, 0.4) is 0 Å². The van der Waals surface area contributed by atoms with Gasteiger partial charge < -0.3 is 45.1 Å². The van der Waals surface area contributed by atoms with E-state index >= 15 is 0 Å². The molecule has 12 aromatic rings. The molecule has 0 aliphatic rings. The number of aromatic nitrogens is 8. The Kier molecular flexibility index (Phi) is 43.7. The number of rotatable bonds is 28. The van der Waals surface area contributed by atoms with E-state index in [1.165, 1.54) is 90.7 Å². The number of non-ortho nitro benzene ring substituents is 4. The quantitative estimate of drug-likeness (QED) is 0.00795. The van der Waals surface area contributed by atoms with Gasteiger partial charge in [0.15, 0.2) is 6.79 Å². The van der Waals surface area contributed by atoms with Crippen LogP contribution in [0.15, 0.2) is 238 Å². The number of nitro benzene ring substituents is 4. The minimum atomic E-state index is -0.478. The van der Waals surface area contributed by atoms with Crippen LogP contribution < -0.4 is 144 Å². The van der Waals surface area contributed by atoms with Gasteiger partial charge in [-0.25, -0.2) is 20.0 Å². The number of nitrogens with zero attached hydrogens (tertiary/aromatic N) is 9. The van der Waals surface area contributed by atoms with Crippen LogP contribution in [0, 0.1) is 40.5 Å². The van der Waals surface area contributed by atoms with Gasteiger partial charge in [-0.1, -0.05) is 72.8 Å². The molecule has 118 heavy (non-hydrogen) atoms. The minimum Gasteiger partial charge on any atom is -1.00 e. The first-order valence-corrected chi connectivity index (χ1v) is 36.9. The van der Waals surface area contributed by atoms with Crippen LogP contribution in [-0.4, -0.2) is 130 Å². The van der Waals surface area contributed by atoms with Crippen molar-refractivity contribution in [3.8, 4) is 67.5 Å². The van der Waals surface area contributed by atoms with E-state index < -0.39 is 19.7 Å². The number of H-pyrrole nitrogens is 3. The molecule has 0 bridgehead atoms. The maximum atomic E-state index is 12.0. The zero-order valence-electron chi connectivity index (χ0n) is 65.0. The molecule has 0 aliphatic carbocycles. The van der Waals surface area contributed by atoms with Crippen LogP contribution in [0.5, 0.6) is 23.0 Å². The number of aromatic hydroxyl groups is 1. The second-order valence-corrected chi connectivity index (χ2v) is 30.4. The van der Waals surface area contributed by atoms with Gasteiger partial charge in [0, 0.05) is 142 Å². The molecule has 0 radical (unpaired) electrons. The Bertz CT molecular complexity index is 5540. The van der Waals surface area contributed by atoms with E-state index in [1.54, 1.807) is 112 Å². The third-order valence-electron chi connectivity index (χ3n) is 16.0. The van der Waals surface area contributed by atoms with Crippen LogP contribution in [0.25, 0.3) is 44.5 Å². The second-order valence-electron chi connectivity index (χ2n) is 23.9. The number of halogens is 3. The third kappa shape index (κ3) is 32.8. The van der Waals surface area contributed by atoms with Crippen molar-refractivity contribution >= 4 is 79.7 Å². The molecule has 0 fully saturated rings. The first-order valence-electron chi connectivity index (χ1n) is 34.1. The number of carbonyl (C=O) groups is 1. The second kappa shape index (κ2) is 52.2.